The molecule has 2 heterocycles. The monoisotopic (exact) mass is 311 g/mol. The van der Waals surface area contributed by atoms with Gasteiger partial charge in [-0.3, -0.25) is 0 Å². The normalized spacial score (nSPS) is 17.0. The molecule has 1 fully saturated rings. The summed E-state index contributed by atoms with van der Waals surface area (Å²) in [5.74, 6) is 0. The Hall–Kier alpha value is 0.130. The number of hydrogen-bond donors (Lipinski definition) is 1. The number of nitrogens with one attached hydrogen (secondary N) is 1. The van der Waals surface area contributed by atoms with Crippen molar-refractivity contribution in [1.82, 2.24) is 15.2 Å². The number of halogens is 2. The highest BCUT2D eigenvalue weighted by Crippen LogP contribution is 2.15. The average Bonchev–Trinajstić information content (AvgIpc) is 2.73. The number of aryl methyl sites for hydroxylation is 1. The zero-order chi connectivity index (χ0) is 11.4. The summed E-state index contributed by atoms with van der Waals surface area (Å²) in [6, 6.07) is 0.737. The number of thiazole rings is 1. The first kappa shape index (κ1) is 18.1. The van der Waals surface area contributed by atoms with Crippen LogP contribution in [-0.4, -0.2) is 42.6 Å². The van der Waals surface area contributed by atoms with Crippen LogP contribution in [0, 0.1) is 6.92 Å². The molecule has 1 aromatic rings. The van der Waals surface area contributed by atoms with E-state index in [1.165, 1.54) is 49.5 Å². The Morgan fingerprint density at radius 1 is 1.39 bits per heavy atom. The number of rotatable bonds is 4. The minimum atomic E-state index is 0. The van der Waals surface area contributed by atoms with Crippen molar-refractivity contribution in [3.05, 3.63) is 16.1 Å². The molecule has 0 saturated carbocycles. The van der Waals surface area contributed by atoms with Gasteiger partial charge in [0.25, 0.3) is 0 Å². The molecule has 0 unspecified atom stereocenters. The molecular weight excluding hydrogens is 289 g/mol. The summed E-state index contributed by atoms with van der Waals surface area (Å²) < 4.78 is 0. The second-order valence-electron chi connectivity index (χ2n) is 4.52. The molecule has 2 rings (SSSR count). The first-order valence-electron chi connectivity index (χ1n) is 6.08. The van der Waals surface area contributed by atoms with Gasteiger partial charge in [-0.1, -0.05) is 0 Å². The first-order valence-corrected chi connectivity index (χ1v) is 6.96. The van der Waals surface area contributed by atoms with Crippen LogP contribution in [0.15, 0.2) is 5.51 Å². The minimum absolute atomic E-state index is 0. The van der Waals surface area contributed by atoms with Crippen LogP contribution in [0.3, 0.4) is 0 Å². The molecule has 0 amide bonds. The average molecular weight is 312 g/mol. The van der Waals surface area contributed by atoms with E-state index in [9.17, 15) is 0 Å². The van der Waals surface area contributed by atoms with Gasteiger partial charge in [-0.05, 0) is 46.3 Å². The molecule has 0 radical (unpaired) electrons. The fraction of sp³-hybridized carbons (Fsp3) is 0.750. The van der Waals surface area contributed by atoms with Crippen molar-refractivity contribution >= 4 is 36.2 Å². The Kier molecular flexibility index (Phi) is 9.17. The molecule has 1 saturated heterocycles. The van der Waals surface area contributed by atoms with Crippen molar-refractivity contribution in [3.63, 3.8) is 0 Å². The maximum atomic E-state index is 4.30. The maximum absolute atomic E-state index is 4.30. The van der Waals surface area contributed by atoms with Crippen LogP contribution in [-0.2, 0) is 6.42 Å². The molecule has 0 aliphatic carbocycles. The third-order valence-corrected chi connectivity index (χ3v) is 4.49. The van der Waals surface area contributed by atoms with Crippen molar-refractivity contribution < 1.29 is 0 Å². The Bertz CT molecular complexity index is 325. The molecule has 1 aliphatic heterocycles. The van der Waals surface area contributed by atoms with E-state index < -0.39 is 0 Å². The summed E-state index contributed by atoms with van der Waals surface area (Å²) in [5.41, 5.74) is 3.17. The predicted molar refractivity (Wildman–Crippen MR) is 83.6 cm³/mol. The van der Waals surface area contributed by atoms with Crippen molar-refractivity contribution in [2.75, 3.05) is 26.7 Å². The van der Waals surface area contributed by atoms with Crippen LogP contribution in [0.4, 0.5) is 0 Å². The third-order valence-electron chi connectivity index (χ3n) is 3.50. The SMILES string of the molecule is CNC1CCN(CCc2scnc2C)CC1.Cl.Cl. The fourth-order valence-electron chi connectivity index (χ4n) is 2.27. The lowest BCUT2D eigenvalue weighted by molar-refractivity contribution is 0.204. The highest BCUT2D eigenvalue weighted by Gasteiger charge is 2.17. The first-order chi connectivity index (χ1) is 7.79. The smallest absolute Gasteiger partial charge is 0.0797 e. The van der Waals surface area contributed by atoms with E-state index in [1.807, 2.05) is 5.51 Å². The molecule has 106 valence electrons. The highest BCUT2D eigenvalue weighted by molar-refractivity contribution is 7.09. The van der Waals surface area contributed by atoms with Crippen LogP contribution in [0.2, 0.25) is 0 Å². The molecule has 0 aromatic carbocycles. The van der Waals surface area contributed by atoms with Gasteiger partial charge in [0.05, 0.1) is 11.2 Å². The number of piperidine rings is 1. The van der Waals surface area contributed by atoms with Crippen LogP contribution in [0.5, 0.6) is 0 Å². The minimum Gasteiger partial charge on any atom is -0.317 e. The molecule has 0 bridgehead atoms. The highest BCUT2D eigenvalue weighted by atomic mass is 35.5. The lowest BCUT2D eigenvalue weighted by Crippen LogP contribution is -2.41. The van der Waals surface area contributed by atoms with E-state index in [0.29, 0.717) is 0 Å². The van der Waals surface area contributed by atoms with Crippen molar-refractivity contribution in [1.29, 1.82) is 0 Å². The summed E-state index contributed by atoms with van der Waals surface area (Å²) in [7, 11) is 2.07. The Morgan fingerprint density at radius 3 is 2.56 bits per heavy atom. The van der Waals surface area contributed by atoms with Gasteiger partial charge in [0.2, 0.25) is 0 Å². The van der Waals surface area contributed by atoms with Gasteiger partial charge < -0.3 is 10.2 Å². The summed E-state index contributed by atoms with van der Waals surface area (Å²) in [6.07, 6.45) is 3.75. The fourth-order valence-corrected chi connectivity index (χ4v) is 3.04. The molecular formula is C12H23Cl2N3S. The lowest BCUT2D eigenvalue weighted by atomic mass is 10.1. The van der Waals surface area contributed by atoms with E-state index in [0.717, 1.165) is 6.04 Å². The van der Waals surface area contributed by atoms with Crippen LogP contribution in [0.1, 0.15) is 23.4 Å². The van der Waals surface area contributed by atoms with Gasteiger partial charge in [-0.2, -0.15) is 0 Å². The van der Waals surface area contributed by atoms with Crippen molar-refractivity contribution in [3.8, 4) is 0 Å². The number of nitrogens with zero attached hydrogens (tertiary/aromatic N) is 2. The maximum Gasteiger partial charge on any atom is 0.0797 e. The topological polar surface area (TPSA) is 28.2 Å². The zero-order valence-corrected chi connectivity index (χ0v) is 13.5. The number of likely N-dealkylation sites (tertiary alicyclic amines) is 1. The second-order valence-corrected chi connectivity index (χ2v) is 5.45. The molecule has 1 aromatic heterocycles. The van der Waals surface area contributed by atoms with E-state index in [2.05, 4.69) is 29.2 Å². The van der Waals surface area contributed by atoms with Gasteiger partial charge in [-0.25, -0.2) is 4.98 Å². The molecule has 6 heteroatoms. The second kappa shape index (κ2) is 9.10. The van der Waals surface area contributed by atoms with E-state index in [-0.39, 0.29) is 24.8 Å². The molecule has 0 spiro atoms. The third kappa shape index (κ3) is 5.02. The molecule has 1 N–H and O–H groups in total. The van der Waals surface area contributed by atoms with Crippen LogP contribution >= 0.6 is 36.2 Å². The van der Waals surface area contributed by atoms with Gasteiger partial charge in [0.1, 0.15) is 0 Å². The Morgan fingerprint density at radius 2 is 2.06 bits per heavy atom. The van der Waals surface area contributed by atoms with Crippen molar-refractivity contribution in [2.45, 2.75) is 32.2 Å². The van der Waals surface area contributed by atoms with Crippen LogP contribution in [0.25, 0.3) is 0 Å². The largest absolute Gasteiger partial charge is 0.317 e. The zero-order valence-electron chi connectivity index (χ0n) is 11.0. The lowest BCUT2D eigenvalue weighted by Gasteiger charge is -2.31. The molecule has 18 heavy (non-hydrogen) atoms. The number of aromatic nitrogens is 1. The summed E-state index contributed by atoms with van der Waals surface area (Å²) >= 11 is 1.79. The van der Waals surface area contributed by atoms with Crippen molar-refractivity contribution in [2.24, 2.45) is 0 Å². The van der Waals surface area contributed by atoms with Gasteiger partial charge in [0, 0.05) is 17.5 Å². The predicted octanol–water partition coefficient (Wildman–Crippen LogP) is 2.52. The molecule has 0 atom stereocenters. The quantitative estimate of drug-likeness (QED) is 0.926. The summed E-state index contributed by atoms with van der Waals surface area (Å²) in [4.78, 5) is 8.33. The molecule has 1 aliphatic rings. The Labute approximate surface area is 126 Å². The van der Waals surface area contributed by atoms with E-state index in [4.69, 9.17) is 0 Å². The van der Waals surface area contributed by atoms with Gasteiger partial charge >= 0.3 is 0 Å². The summed E-state index contributed by atoms with van der Waals surface area (Å²) in [5, 5.41) is 3.37. The number of hydrogen-bond acceptors (Lipinski definition) is 4. The molecule has 3 nitrogen and oxygen atoms in total. The van der Waals surface area contributed by atoms with Gasteiger partial charge in [0.15, 0.2) is 0 Å². The van der Waals surface area contributed by atoms with E-state index >= 15 is 0 Å². The van der Waals surface area contributed by atoms with Crippen LogP contribution < -0.4 is 5.32 Å². The van der Waals surface area contributed by atoms with Gasteiger partial charge in [-0.15, -0.1) is 36.2 Å². The Balaban J connectivity index is 0.00000144. The summed E-state index contributed by atoms with van der Waals surface area (Å²) in [6.45, 7) is 5.78. The van der Waals surface area contributed by atoms with E-state index in [1.54, 1.807) is 11.3 Å². The standard InChI is InChI=1S/C12H21N3S.2ClH/c1-10-12(16-9-14-10)5-8-15-6-3-11(13-2)4-7-15;;/h9,11,13H,3-8H2,1-2H3;2*1H.